The molecule has 1 amide bonds. The molecule has 1 saturated heterocycles. The summed E-state index contributed by atoms with van der Waals surface area (Å²) >= 11 is 0. The van der Waals surface area contributed by atoms with Crippen LogP contribution in [0.3, 0.4) is 0 Å². The first-order chi connectivity index (χ1) is 13.4. The number of esters is 1. The lowest BCUT2D eigenvalue weighted by Gasteiger charge is -2.21. The van der Waals surface area contributed by atoms with E-state index in [1.165, 1.54) is 12.1 Å². The maximum absolute atomic E-state index is 12.8. The summed E-state index contributed by atoms with van der Waals surface area (Å²) in [5.74, 6) is -1.47. The second-order valence-electron chi connectivity index (χ2n) is 6.63. The molecule has 3 rings (SSSR count). The lowest BCUT2D eigenvalue weighted by atomic mass is 10.0. The third kappa shape index (κ3) is 4.76. The highest BCUT2D eigenvalue weighted by Crippen LogP contribution is 2.18. The lowest BCUT2D eigenvalue weighted by molar-refractivity contribution is -0.140. The summed E-state index contributed by atoms with van der Waals surface area (Å²) in [7, 11) is -3.68. The van der Waals surface area contributed by atoms with Crippen LogP contribution in [-0.2, 0) is 24.2 Å². The maximum Gasteiger partial charge on any atom is 0.323 e. The van der Waals surface area contributed by atoms with Crippen LogP contribution in [0.1, 0.15) is 23.6 Å². The molecule has 0 bridgehead atoms. The Morgan fingerprint density at radius 2 is 1.82 bits per heavy atom. The number of aryl methyl sites for hydroxylation is 1. The molecule has 0 unspecified atom stereocenters. The highest BCUT2D eigenvalue weighted by Gasteiger charge is 2.32. The number of benzene rings is 2. The molecule has 0 spiro atoms. The highest BCUT2D eigenvalue weighted by atomic mass is 32.2. The van der Waals surface area contributed by atoms with Gasteiger partial charge in [0.25, 0.3) is 0 Å². The first-order valence-corrected chi connectivity index (χ1v) is 10.6. The summed E-state index contributed by atoms with van der Waals surface area (Å²) in [6, 6.07) is 13.8. The molecular formula is C20H22N2O5S. The molecule has 0 saturated carbocycles. The van der Waals surface area contributed by atoms with E-state index in [0.717, 1.165) is 5.56 Å². The number of rotatable bonds is 7. The van der Waals surface area contributed by atoms with Gasteiger partial charge in [-0.3, -0.25) is 14.9 Å². The highest BCUT2D eigenvalue weighted by molar-refractivity contribution is 7.91. The molecule has 8 heteroatoms. The van der Waals surface area contributed by atoms with E-state index in [1.807, 2.05) is 13.0 Å². The van der Waals surface area contributed by atoms with Gasteiger partial charge in [-0.1, -0.05) is 48.0 Å². The fourth-order valence-electron chi connectivity index (χ4n) is 2.91. The van der Waals surface area contributed by atoms with Crippen LogP contribution in [-0.4, -0.2) is 38.8 Å². The first kappa shape index (κ1) is 20.0. The fraction of sp³-hybridized carbons (Fsp3) is 0.300. The second-order valence-corrected chi connectivity index (χ2v) is 8.62. The number of hydrogen-bond acceptors (Lipinski definition) is 6. The van der Waals surface area contributed by atoms with Crippen molar-refractivity contribution < 1.29 is 22.7 Å². The molecule has 7 nitrogen and oxygen atoms in total. The predicted molar refractivity (Wildman–Crippen MR) is 103 cm³/mol. The molecule has 1 aliphatic rings. The molecule has 0 aromatic heterocycles. The van der Waals surface area contributed by atoms with Crippen molar-refractivity contribution in [3.8, 4) is 0 Å². The van der Waals surface area contributed by atoms with Gasteiger partial charge in [-0.15, -0.1) is 0 Å². The second kappa shape index (κ2) is 8.53. The third-order valence-electron chi connectivity index (χ3n) is 4.51. The summed E-state index contributed by atoms with van der Waals surface area (Å²) in [6.45, 7) is 2.16. The Kier molecular flexibility index (Phi) is 6.11. The van der Waals surface area contributed by atoms with Crippen molar-refractivity contribution in [3.05, 3.63) is 65.7 Å². The number of nitrogens with one attached hydrogen (secondary N) is 2. The largest absolute Gasteiger partial charge is 0.464 e. The molecule has 2 N–H and O–H groups in total. The standard InChI is InChI=1S/C20H22N2O5S/c1-14-7-9-16(10-8-14)28(25,26)13-21-19(23)18(15-5-3-2-4-6-15)22-17-11-12-27-20(17)24/h2-10,17-18,22H,11-13H2,1H3,(H,21,23)/t17-,18+/m0/s1. The number of carbonyl (C=O) groups excluding carboxylic acids is 2. The van der Waals surface area contributed by atoms with Crippen LogP contribution in [0.15, 0.2) is 59.5 Å². The van der Waals surface area contributed by atoms with Crippen molar-refractivity contribution in [2.45, 2.75) is 30.3 Å². The van der Waals surface area contributed by atoms with E-state index in [-0.39, 0.29) is 4.90 Å². The molecule has 1 aliphatic heterocycles. The minimum absolute atomic E-state index is 0.141. The van der Waals surface area contributed by atoms with E-state index in [9.17, 15) is 18.0 Å². The monoisotopic (exact) mass is 402 g/mol. The maximum atomic E-state index is 12.8. The molecule has 0 aliphatic carbocycles. The molecule has 2 atom stereocenters. The quantitative estimate of drug-likeness (QED) is 0.681. The van der Waals surface area contributed by atoms with E-state index in [2.05, 4.69) is 10.6 Å². The minimum atomic E-state index is -3.68. The van der Waals surface area contributed by atoms with E-state index in [4.69, 9.17) is 4.74 Å². The van der Waals surface area contributed by atoms with Crippen molar-refractivity contribution in [3.63, 3.8) is 0 Å². The van der Waals surface area contributed by atoms with Crippen molar-refractivity contribution in [1.29, 1.82) is 0 Å². The van der Waals surface area contributed by atoms with Gasteiger partial charge in [0, 0.05) is 6.42 Å². The smallest absolute Gasteiger partial charge is 0.323 e. The fourth-order valence-corrected chi connectivity index (χ4v) is 3.96. The zero-order chi connectivity index (χ0) is 20.1. The van der Waals surface area contributed by atoms with Crippen LogP contribution in [0.4, 0.5) is 0 Å². The molecule has 0 radical (unpaired) electrons. The molecule has 1 fully saturated rings. The van der Waals surface area contributed by atoms with Gasteiger partial charge in [0.2, 0.25) is 5.91 Å². The number of sulfone groups is 1. The summed E-state index contributed by atoms with van der Waals surface area (Å²) in [5.41, 5.74) is 1.58. The topological polar surface area (TPSA) is 102 Å². The van der Waals surface area contributed by atoms with Crippen LogP contribution < -0.4 is 10.6 Å². The predicted octanol–water partition coefficient (Wildman–Crippen LogP) is 1.49. The third-order valence-corrected chi connectivity index (χ3v) is 6.03. The summed E-state index contributed by atoms with van der Waals surface area (Å²) in [6.07, 6.45) is 0.455. The van der Waals surface area contributed by atoms with E-state index >= 15 is 0 Å². The SMILES string of the molecule is Cc1ccc(S(=O)(=O)CNC(=O)[C@H](N[C@H]2CCOC2=O)c2ccccc2)cc1. The van der Waals surface area contributed by atoms with Crippen LogP contribution in [0.25, 0.3) is 0 Å². The van der Waals surface area contributed by atoms with Crippen LogP contribution >= 0.6 is 0 Å². The Hall–Kier alpha value is -2.71. The van der Waals surface area contributed by atoms with Gasteiger partial charge in [0.1, 0.15) is 18.0 Å². The molecule has 2 aromatic carbocycles. The Bertz CT molecular complexity index is 942. The molecular weight excluding hydrogens is 380 g/mol. The zero-order valence-electron chi connectivity index (χ0n) is 15.4. The van der Waals surface area contributed by atoms with E-state index in [0.29, 0.717) is 18.6 Å². The van der Waals surface area contributed by atoms with Gasteiger partial charge in [-0.2, -0.15) is 0 Å². The number of ether oxygens (including phenoxy) is 1. The average molecular weight is 402 g/mol. The normalized spacial score (nSPS) is 17.8. The van der Waals surface area contributed by atoms with Crippen LogP contribution in [0.2, 0.25) is 0 Å². The number of amides is 1. The van der Waals surface area contributed by atoms with Crippen molar-refractivity contribution >= 4 is 21.7 Å². The van der Waals surface area contributed by atoms with Gasteiger partial charge in [0.15, 0.2) is 9.84 Å². The Labute approximate surface area is 164 Å². The van der Waals surface area contributed by atoms with Crippen LogP contribution in [0.5, 0.6) is 0 Å². The summed E-state index contributed by atoms with van der Waals surface area (Å²) < 4.78 is 29.9. The molecule has 2 aromatic rings. The summed E-state index contributed by atoms with van der Waals surface area (Å²) in [4.78, 5) is 24.7. The van der Waals surface area contributed by atoms with Crippen molar-refractivity contribution in [2.24, 2.45) is 0 Å². The van der Waals surface area contributed by atoms with Gasteiger partial charge < -0.3 is 10.1 Å². The van der Waals surface area contributed by atoms with Gasteiger partial charge in [0.05, 0.1) is 11.5 Å². The lowest BCUT2D eigenvalue weighted by Crippen LogP contribution is -2.45. The molecule has 28 heavy (non-hydrogen) atoms. The molecule has 1 heterocycles. The zero-order valence-corrected chi connectivity index (χ0v) is 16.2. The van der Waals surface area contributed by atoms with E-state index < -0.39 is 39.7 Å². The van der Waals surface area contributed by atoms with Gasteiger partial charge in [-0.25, -0.2) is 8.42 Å². The van der Waals surface area contributed by atoms with Crippen molar-refractivity contribution in [1.82, 2.24) is 10.6 Å². The Morgan fingerprint density at radius 1 is 1.14 bits per heavy atom. The van der Waals surface area contributed by atoms with Gasteiger partial charge in [-0.05, 0) is 24.6 Å². The summed E-state index contributed by atoms with van der Waals surface area (Å²) in [5, 5.41) is 5.47. The van der Waals surface area contributed by atoms with Crippen molar-refractivity contribution in [2.75, 3.05) is 12.5 Å². The average Bonchev–Trinajstić information content (AvgIpc) is 3.10. The number of cyclic esters (lactones) is 1. The Balaban J connectivity index is 1.73. The van der Waals surface area contributed by atoms with Gasteiger partial charge >= 0.3 is 5.97 Å². The minimum Gasteiger partial charge on any atom is -0.464 e. The Morgan fingerprint density at radius 3 is 2.43 bits per heavy atom. The first-order valence-electron chi connectivity index (χ1n) is 8.91. The van der Waals surface area contributed by atoms with Crippen LogP contribution in [0, 0.1) is 6.92 Å². The molecule has 148 valence electrons. The number of hydrogen-bond donors (Lipinski definition) is 2. The van der Waals surface area contributed by atoms with E-state index in [1.54, 1.807) is 36.4 Å². The number of carbonyl (C=O) groups is 2.